The smallest absolute Gasteiger partial charge is 0.308 e. The number of anilines is 1. The van der Waals surface area contributed by atoms with Crippen molar-refractivity contribution >= 4 is 54.1 Å². The van der Waals surface area contributed by atoms with Gasteiger partial charge in [0, 0.05) is 18.6 Å². The lowest BCUT2D eigenvalue weighted by atomic mass is 10.2. The average Bonchev–Trinajstić information content (AvgIpc) is 2.89. The zero-order valence-corrected chi connectivity index (χ0v) is 15.2. The SMILES string of the molecule is CC(=O)Oc1cccc(C(=O)Nc2nc(S(C)(=O)=O)cs2)c1Br. The second-order valence-electron chi connectivity index (χ2n) is 4.43. The van der Waals surface area contributed by atoms with Crippen molar-refractivity contribution in [1.82, 2.24) is 4.98 Å². The van der Waals surface area contributed by atoms with E-state index in [1.54, 1.807) is 6.07 Å². The molecule has 0 fully saturated rings. The van der Waals surface area contributed by atoms with E-state index in [9.17, 15) is 18.0 Å². The quantitative estimate of drug-likeness (QED) is 0.604. The second-order valence-corrected chi connectivity index (χ2v) is 8.04. The maximum absolute atomic E-state index is 12.3. The van der Waals surface area contributed by atoms with Gasteiger partial charge in [0.15, 0.2) is 20.0 Å². The molecule has 0 atom stereocenters. The standard InChI is InChI=1S/C13H11BrN2O5S2/c1-7(17)21-9-5-3-4-8(11(9)14)12(18)16-13-15-10(6-22-13)23(2,19)20/h3-6H,1-2H3,(H,15,16,18). The number of hydrogen-bond donors (Lipinski definition) is 1. The Morgan fingerprint density at radius 1 is 1.35 bits per heavy atom. The first-order chi connectivity index (χ1) is 10.7. The summed E-state index contributed by atoms with van der Waals surface area (Å²) in [6.07, 6.45) is 1.03. The molecule has 0 saturated carbocycles. The Morgan fingerprint density at radius 3 is 2.61 bits per heavy atom. The number of halogens is 1. The highest BCUT2D eigenvalue weighted by atomic mass is 79.9. The summed E-state index contributed by atoms with van der Waals surface area (Å²) in [5.41, 5.74) is 0.222. The van der Waals surface area contributed by atoms with Gasteiger partial charge in [-0.1, -0.05) is 6.07 Å². The van der Waals surface area contributed by atoms with E-state index in [2.05, 4.69) is 26.2 Å². The Bertz CT molecular complexity index is 876. The Kier molecular flexibility index (Phi) is 5.17. The van der Waals surface area contributed by atoms with E-state index in [1.165, 1.54) is 24.4 Å². The van der Waals surface area contributed by atoms with Crippen molar-refractivity contribution in [3.63, 3.8) is 0 Å². The zero-order valence-electron chi connectivity index (χ0n) is 12.0. The van der Waals surface area contributed by atoms with Crippen LogP contribution in [-0.4, -0.2) is 31.5 Å². The molecule has 10 heteroatoms. The van der Waals surface area contributed by atoms with Gasteiger partial charge in [0.25, 0.3) is 5.91 Å². The number of sulfone groups is 1. The van der Waals surface area contributed by atoms with Gasteiger partial charge in [-0.05, 0) is 28.1 Å². The zero-order chi connectivity index (χ0) is 17.2. The van der Waals surface area contributed by atoms with Gasteiger partial charge in [-0.25, -0.2) is 13.4 Å². The summed E-state index contributed by atoms with van der Waals surface area (Å²) in [5.74, 6) is -0.817. The maximum Gasteiger partial charge on any atom is 0.308 e. The first-order valence-electron chi connectivity index (χ1n) is 6.12. The van der Waals surface area contributed by atoms with Gasteiger partial charge < -0.3 is 4.74 Å². The predicted molar refractivity (Wildman–Crippen MR) is 88.6 cm³/mol. The van der Waals surface area contributed by atoms with Gasteiger partial charge >= 0.3 is 5.97 Å². The minimum atomic E-state index is -3.43. The summed E-state index contributed by atoms with van der Waals surface area (Å²) in [5, 5.41) is 3.90. The Hall–Kier alpha value is -1.78. The number of nitrogens with zero attached hydrogens (tertiary/aromatic N) is 1. The molecule has 1 heterocycles. The molecule has 0 aliphatic rings. The Labute approximate surface area is 144 Å². The Balaban J connectivity index is 2.24. The number of carbonyl (C=O) groups excluding carboxylic acids is 2. The van der Waals surface area contributed by atoms with Gasteiger partial charge in [0.1, 0.15) is 5.75 Å². The molecule has 2 aromatic rings. The van der Waals surface area contributed by atoms with Crippen molar-refractivity contribution < 1.29 is 22.7 Å². The van der Waals surface area contributed by atoms with Crippen LogP contribution in [0.5, 0.6) is 5.75 Å². The minimum Gasteiger partial charge on any atom is -0.425 e. The number of carbonyl (C=O) groups is 2. The van der Waals surface area contributed by atoms with E-state index in [0.29, 0.717) is 4.47 Å². The molecule has 0 aliphatic heterocycles. The van der Waals surface area contributed by atoms with Crippen molar-refractivity contribution in [3.8, 4) is 5.75 Å². The highest BCUT2D eigenvalue weighted by Crippen LogP contribution is 2.30. The summed E-state index contributed by atoms with van der Waals surface area (Å²) in [6, 6.07) is 4.62. The molecule has 0 bridgehead atoms. The van der Waals surface area contributed by atoms with Crippen LogP contribution in [-0.2, 0) is 14.6 Å². The molecule has 1 amide bonds. The normalized spacial score (nSPS) is 11.1. The highest BCUT2D eigenvalue weighted by molar-refractivity contribution is 9.10. The first-order valence-corrected chi connectivity index (χ1v) is 9.68. The molecule has 1 aromatic heterocycles. The molecule has 1 aromatic carbocycles. The number of aromatic nitrogens is 1. The molecule has 0 aliphatic carbocycles. The maximum atomic E-state index is 12.3. The third-order valence-corrected chi connectivity index (χ3v) is 5.24. The number of ether oxygens (including phenoxy) is 1. The van der Waals surface area contributed by atoms with E-state index in [4.69, 9.17) is 4.74 Å². The molecule has 2 rings (SSSR count). The molecule has 122 valence electrons. The number of benzene rings is 1. The molecular weight excluding hydrogens is 408 g/mol. The van der Waals surface area contributed by atoms with Crippen LogP contribution in [0.2, 0.25) is 0 Å². The minimum absolute atomic E-state index is 0.106. The van der Waals surface area contributed by atoms with Gasteiger partial charge in [-0.2, -0.15) is 0 Å². The fourth-order valence-electron chi connectivity index (χ4n) is 1.57. The molecule has 23 heavy (non-hydrogen) atoms. The van der Waals surface area contributed by atoms with Gasteiger partial charge in [0.05, 0.1) is 10.0 Å². The van der Waals surface area contributed by atoms with Crippen LogP contribution in [0.4, 0.5) is 5.13 Å². The van der Waals surface area contributed by atoms with Crippen molar-refractivity contribution in [3.05, 3.63) is 33.6 Å². The summed E-state index contributed by atoms with van der Waals surface area (Å²) in [7, 11) is -3.43. The van der Waals surface area contributed by atoms with Crippen LogP contribution >= 0.6 is 27.3 Å². The number of amides is 1. The highest BCUT2D eigenvalue weighted by Gasteiger charge is 2.18. The van der Waals surface area contributed by atoms with Crippen molar-refractivity contribution in [1.29, 1.82) is 0 Å². The molecule has 0 unspecified atom stereocenters. The van der Waals surface area contributed by atoms with Crippen LogP contribution in [0.25, 0.3) is 0 Å². The van der Waals surface area contributed by atoms with Crippen molar-refractivity contribution in [2.45, 2.75) is 11.9 Å². The summed E-state index contributed by atoms with van der Waals surface area (Å²) >= 11 is 4.21. The lowest BCUT2D eigenvalue weighted by Crippen LogP contribution is -2.13. The van der Waals surface area contributed by atoms with Crippen molar-refractivity contribution in [2.75, 3.05) is 11.6 Å². The molecule has 7 nitrogen and oxygen atoms in total. The van der Waals surface area contributed by atoms with E-state index >= 15 is 0 Å². The third-order valence-electron chi connectivity index (χ3n) is 2.55. The number of nitrogens with one attached hydrogen (secondary N) is 1. The molecule has 0 radical (unpaired) electrons. The van der Waals surface area contributed by atoms with Gasteiger partial charge in [-0.3, -0.25) is 14.9 Å². The van der Waals surface area contributed by atoms with Gasteiger partial charge in [-0.15, -0.1) is 11.3 Å². The number of rotatable bonds is 4. The first kappa shape index (κ1) is 17.6. The summed E-state index contributed by atoms with van der Waals surface area (Å²) < 4.78 is 28.0. The molecule has 0 saturated heterocycles. The van der Waals surface area contributed by atoms with Crippen LogP contribution in [0, 0.1) is 0 Å². The molecular formula is C13H11BrN2O5S2. The summed E-state index contributed by atoms with van der Waals surface area (Å²) in [6.45, 7) is 1.25. The monoisotopic (exact) mass is 418 g/mol. The fourth-order valence-corrected chi connectivity index (χ4v) is 3.82. The lowest BCUT2D eigenvalue weighted by Gasteiger charge is -2.08. The lowest BCUT2D eigenvalue weighted by molar-refractivity contribution is -0.131. The third kappa shape index (κ3) is 4.36. The van der Waals surface area contributed by atoms with Crippen LogP contribution in [0.3, 0.4) is 0 Å². The van der Waals surface area contributed by atoms with Crippen LogP contribution < -0.4 is 10.1 Å². The number of thiazole rings is 1. The van der Waals surface area contributed by atoms with Crippen LogP contribution in [0.1, 0.15) is 17.3 Å². The number of esters is 1. The van der Waals surface area contributed by atoms with Crippen LogP contribution in [0.15, 0.2) is 33.1 Å². The van der Waals surface area contributed by atoms with Gasteiger partial charge in [0.2, 0.25) is 0 Å². The largest absolute Gasteiger partial charge is 0.425 e. The average molecular weight is 419 g/mol. The molecule has 1 N–H and O–H groups in total. The predicted octanol–water partition coefficient (Wildman–Crippen LogP) is 2.49. The second kappa shape index (κ2) is 6.77. The van der Waals surface area contributed by atoms with E-state index < -0.39 is 21.7 Å². The van der Waals surface area contributed by atoms with E-state index in [-0.39, 0.29) is 21.5 Å². The Morgan fingerprint density at radius 2 is 2.04 bits per heavy atom. The number of hydrogen-bond acceptors (Lipinski definition) is 7. The summed E-state index contributed by atoms with van der Waals surface area (Å²) in [4.78, 5) is 27.1. The van der Waals surface area contributed by atoms with E-state index in [0.717, 1.165) is 17.6 Å². The topological polar surface area (TPSA) is 102 Å². The van der Waals surface area contributed by atoms with E-state index in [1.807, 2.05) is 0 Å². The molecule has 0 spiro atoms. The fraction of sp³-hybridized carbons (Fsp3) is 0.154. The van der Waals surface area contributed by atoms with Crippen molar-refractivity contribution in [2.24, 2.45) is 0 Å².